The number of hydrogen-bond donors (Lipinski definition) is 3. The molecule has 3 atom stereocenters. The summed E-state index contributed by atoms with van der Waals surface area (Å²) >= 11 is 1.74. The van der Waals surface area contributed by atoms with Crippen molar-refractivity contribution in [3.63, 3.8) is 0 Å². The number of urea groups is 1. The third kappa shape index (κ3) is 1.67. The molecule has 0 saturated carbocycles. The average Bonchev–Trinajstić information content (AvgIpc) is 2.61. The van der Waals surface area contributed by atoms with Crippen molar-refractivity contribution < 1.29 is 9.59 Å². The fourth-order valence-corrected chi connectivity index (χ4v) is 3.82. The van der Waals surface area contributed by atoms with Crippen molar-refractivity contribution in [3.05, 3.63) is 0 Å². The topological polar surface area (TPSA) is 70.2 Å². The van der Waals surface area contributed by atoms with E-state index in [0.29, 0.717) is 6.42 Å². The van der Waals surface area contributed by atoms with Crippen molar-refractivity contribution in [2.75, 3.05) is 12.8 Å². The zero-order valence-corrected chi connectivity index (χ0v) is 9.61. The number of carbonyl (C=O) groups excluding carboxylic acids is 2. The first-order valence-electron chi connectivity index (χ1n) is 4.97. The van der Waals surface area contributed by atoms with E-state index >= 15 is 0 Å². The lowest BCUT2D eigenvalue weighted by molar-refractivity contribution is -0.120. The summed E-state index contributed by atoms with van der Waals surface area (Å²) in [7, 11) is 1.63. The van der Waals surface area contributed by atoms with E-state index in [0.717, 1.165) is 5.75 Å². The maximum Gasteiger partial charge on any atom is 0.315 e. The van der Waals surface area contributed by atoms with Crippen molar-refractivity contribution in [2.24, 2.45) is 0 Å². The van der Waals surface area contributed by atoms with Gasteiger partial charge in [-0.05, 0) is 6.92 Å². The predicted octanol–water partition coefficient (Wildman–Crippen LogP) is -0.322. The van der Waals surface area contributed by atoms with Gasteiger partial charge in [-0.2, -0.15) is 11.8 Å². The fraction of sp³-hybridized carbons (Fsp3) is 0.778. The van der Waals surface area contributed by atoms with Gasteiger partial charge in [-0.15, -0.1) is 0 Å². The molecule has 5 nitrogen and oxygen atoms in total. The monoisotopic (exact) mass is 229 g/mol. The molecule has 2 aliphatic heterocycles. The number of carbonyl (C=O) groups is 2. The third-order valence-electron chi connectivity index (χ3n) is 3.19. The van der Waals surface area contributed by atoms with Gasteiger partial charge in [0.2, 0.25) is 5.91 Å². The minimum Gasteiger partial charge on any atom is -0.359 e. The predicted molar refractivity (Wildman–Crippen MR) is 58.8 cm³/mol. The molecule has 0 aromatic heterocycles. The summed E-state index contributed by atoms with van der Waals surface area (Å²) in [6, 6.07) is 0.0226. The summed E-state index contributed by atoms with van der Waals surface area (Å²) in [4.78, 5) is 22.6. The van der Waals surface area contributed by atoms with Crippen LogP contribution in [0.5, 0.6) is 0 Å². The molecular weight excluding hydrogens is 214 g/mol. The average molecular weight is 229 g/mol. The fourth-order valence-electron chi connectivity index (χ4n) is 2.12. The van der Waals surface area contributed by atoms with Crippen molar-refractivity contribution in [3.8, 4) is 0 Å². The van der Waals surface area contributed by atoms with E-state index < -0.39 is 0 Å². The van der Waals surface area contributed by atoms with Crippen molar-refractivity contribution in [2.45, 2.75) is 30.2 Å². The first kappa shape index (κ1) is 10.6. The third-order valence-corrected chi connectivity index (χ3v) is 4.78. The molecule has 0 bridgehead atoms. The lowest BCUT2D eigenvalue weighted by Crippen LogP contribution is -2.51. The van der Waals surface area contributed by atoms with Crippen LogP contribution < -0.4 is 16.0 Å². The standard InChI is InChI=1S/C9H15N3O2S/c1-9-5(11-8(14)12-9)4-15-6(9)3-7(13)10-2/h5-6H,3-4H2,1-2H3,(H,10,13)(H2,11,12,14)/t5-,6-,9-/m0/s1. The van der Waals surface area contributed by atoms with Gasteiger partial charge < -0.3 is 16.0 Å². The van der Waals surface area contributed by atoms with Crippen LogP contribution in [0.15, 0.2) is 0 Å². The number of fused-ring (bicyclic) bond motifs is 1. The molecule has 15 heavy (non-hydrogen) atoms. The Bertz CT molecular complexity index is 310. The smallest absolute Gasteiger partial charge is 0.315 e. The molecule has 0 unspecified atom stereocenters. The van der Waals surface area contributed by atoms with Crippen LogP contribution >= 0.6 is 11.8 Å². The van der Waals surface area contributed by atoms with Crippen LogP contribution in [0.2, 0.25) is 0 Å². The Morgan fingerprint density at radius 2 is 2.47 bits per heavy atom. The Morgan fingerprint density at radius 3 is 3.13 bits per heavy atom. The SMILES string of the molecule is CNC(=O)C[C@@H]1SC[C@@H]2NC(=O)N[C@@]21C. The van der Waals surface area contributed by atoms with Crippen LogP contribution in [0.25, 0.3) is 0 Å². The Labute approximate surface area is 92.7 Å². The van der Waals surface area contributed by atoms with E-state index in [2.05, 4.69) is 16.0 Å². The van der Waals surface area contributed by atoms with E-state index in [-0.39, 0.29) is 28.8 Å². The largest absolute Gasteiger partial charge is 0.359 e. The van der Waals surface area contributed by atoms with Gasteiger partial charge in [-0.1, -0.05) is 0 Å². The summed E-state index contributed by atoms with van der Waals surface area (Å²) in [5.74, 6) is 0.896. The zero-order valence-electron chi connectivity index (χ0n) is 8.79. The normalized spacial score (nSPS) is 38.1. The van der Waals surface area contributed by atoms with Gasteiger partial charge in [0, 0.05) is 24.5 Å². The van der Waals surface area contributed by atoms with Crippen molar-refractivity contribution in [1.82, 2.24) is 16.0 Å². The Hall–Kier alpha value is -0.910. The first-order chi connectivity index (χ1) is 7.06. The zero-order chi connectivity index (χ0) is 11.1. The summed E-state index contributed by atoms with van der Waals surface area (Å²) in [6.45, 7) is 2.00. The van der Waals surface area contributed by atoms with Gasteiger partial charge in [0.1, 0.15) is 0 Å². The highest BCUT2D eigenvalue weighted by Gasteiger charge is 2.53. The Morgan fingerprint density at radius 1 is 1.73 bits per heavy atom. The summed E-state index contributed by atoms with van der Waals surface area (Å²) < 4.78 is 0. The molecule has 2 rings (SSSR count). The maximum absolute atomic E-state index is 11.3. The summed E-state index contributed by atoms with van der Waals surface area (Å²) in [5, 5.41) is 8.56. The van der Waals surface area contributed by atoms with Gasteiger partial charge in [0.25, 0.3) is 0 Å². The van der Waals surface area contributed by atoms with E-state index in [1.54, 1.807) is 18.8 Å². The molecule has 2 aliphatic rings. The molecule has 0 spiro atoms. The highest BCUT2D eigenvalue weighted by atomic mass is 32.2. The molecule has 2 heterocycles. The lowest BCUT2D eigenvalue weighted by Gasteiger charge is -2.28. The van der Waals surface area contributed by atoms with E-state index in [1.165, 1.54) is 0 Å². The van der Waals surface area contributed by atoms with Crippen LogP contribution in [-0.4, -0.2) is 41.6 Å². The molecular formula is C9H15N3O2S. The van der Waals surface area contributed by atoms with Crippen LogP contribution in [0.1, 0.15) is 13.3 Å². The quantitative estimate of drug-likeness (QED) is 0.568. The number of thioether (sulfide) groups is 1. The molecule has 0 aromatic carbocycles. The van der Waals surface area contributed by atoms with Crippen molar-refractivity contribution in [1.29, 1.82) is 0 Å². The van der Waals surface area contributed by atoms with Crippen LogP contribution in [0.4, 0.5) is 4.79 Å². The lowest BCUT2D eigenvalue weighted by atomic mass is 9.90. The minimum atomic E-state index is -0.283. The second kappa shape index (κ2) is 3.59. The first-order valence-corrected chi connectivity index (χ1v) is 6.02. The molecule has 0 aromatic rings. The highest BCUT2D eigenvalue weighted by molar-refractivity contribution is 8.00. The molecule has 3 N–H and O–H groups in total. The van der Waals surface area contributed by atoms with Gasteiger partial charge in [0.15, 0.2) is 0 Å². The maximum atomic E-state index is 11.3. The number of rotatable bonds is 2. The molecule has 6 heteroatoms. The molecule has 2 fully saturated rings. The minimum absolute atomic E-state index is 0.0236. The molecule has 3 amide bonds. The Balaban J connectivity index is 2.08. The molecule has 2 saturated heterocycles. The summed E-state index contributed by atoms with van der Waals surface area (Å²) in [6.07, 6.45) is 0.454. The van der Waals surface area contributed by atoms with Crippen LogP contribution in [0, 0.1) is 0 Å². The van der Waals surface area contributed by atoms with E-state index in [4.69, 9.17) is 0 Å². The van der Waals surface area contributed by atoms with Crippen LogP contribution in [0.3, 0.4) is 0 Å². The second-order valence-corrected chi connectivity index (χ2v) is 5.37. The highest BCUT2D eigenvalue weighted by Crippen LogP contribution is 2.40. The molecule has 0 aliphatic carbocycles. The summed E-state index contributed by atoms with van der Waals surface area (Å²) in [5.41, 5.74) is -0.283. The van der Waals surface area contributed by atoms with Crippen LogP contribution in [-0.2, 0) is 4.79 Å². The Kier molecular flexibility index (Phi) is 2.54. The molecule has 0 radical (unpaired) electrons. The van der Waals surface area contributed by atoms with E-state index in [9.17, 15) is 9.59 Å². The van der Waals surface area contributed by atoms with Gasteiger partial charge in [0.05, 0.1) is 11.6 Å². The van der Waals surface area contributed by atoms with Gasteiger partial charge in [-0.25, -0.2) is 4.79 Å². The van der Waals surface area contributed by atoms with Crippen molar-refractivity contribution >= 4 is 23.7 Å². The number of nitrogens with one attached hydrogen (secondary N) is 3. The number of amides is 3. The second-order valence-electron chi connectivity index (χ2n) is 4.13. The molecule has 84 valence electrons. The van der Waals surface area contributed by atoms with Gasteiger partial charge >= 0.3 is 6.03 Å². The number of hydrogen-bond acceptors (Lipinski definition) is 3. The van der Waals surface area contributed by atoms with Gasteiger partial charge in [-0.3, -0.25) is 4.79 Å². The van der Waals surface area contributed by atoms with E-state index in [1.807, 2.05) is 6.92 Å².